The molecule has 0 aliphatic carbocycles. The maximum absolute atomic E-state index is 6.18. The first-order valence-electron chi connectivity index (χ1n) is 7.01. The molecule has 8 heteroatoms. The van der Waals surface area contributed by atoms with E-state index in [1.165, 1.54) is 6.33 Å². The van der Waals surface area contributed by atoms with Crippen LogP contribution in [0, 0.1) is 0 Å². The summed E-state index contributed by atoms with van der Waals surface area (Å²) < 4.78 is 7.02. The van der Waals surface area contributed by atoms with Crippen LogP contribution in [0.15, 0.2) is 30.9 Å². The number of aromatic nitrogens is 4. The molecule has 6 nitrogen and oxygen atoms in total. The quantitative estimate of drug-likeness (QED) is 0.737. The van der Waals surface area contributed by atoms with Gasteiger partial charge < -0.3 is 14.6 Å². The van der Waals surface area contributed by atoms with Crippen molar-refractivity contribution in [2.24, 2.45) is 0 Å². The van der Waals surface area contributed by atoms with E-state index in [2.05, 4.69) is 20.3 Å². The average molecular weight is 352 g/mol. The summed E-state index contributed by atoms with van der Waals surface area (Å²) in [6.07, 6.45) is 3.25. The molecule has 2 heterocycles. The van der Waals surface area contributed by atoms with E-state index in [1.54, 1.807) is 25.6 Å². The van der Waals surface area contributed by atoms with Crippen molar-refractivity contribution in [1.29, 1.82) is 0 Å². The van der Waals surface area contributed by atoms with Crippen molar-refractivity contribution >= 4 is 40.2 Å². The molecule has 0 saturated heterocycles. The molecule has 3 aromatic rings. The third-order valence-electron chi connectivity index (χ3n) is 3.40. The second-order valence-electron chi connectivity index (χ2n) is 4.91. The summed E-state index contributed by atoms with van der Waals surface area (Å²) in [5.41, 5.74) is 2.41. The van der Waals surface area contributed by atoms with Gasteiger partial charge in [-0.1, -0.05) is 29.3 Å². The predicted octanol–water partition coefficient (Wildman–Crippen LogP) is 3.39. The molecule has 0 aliphatic heterocycles. The minimum absolute atomic E-state index is 0.521. The molecule has 0 aliphatic rings. The first-order chi connectivity index (χ1) is 11.2. The van der Waals surface area contributed by atoms with E-state index in [9.17, 15) is 0 Å². The van der Waals surface area contributed by atoms with Crippen molar-refractivity contribution in [2.75, 3.05) is 19.0 Å². The lowest BCUT2D eigenvalue weighted by atomic mass is 10.2. The van der Waals surface area contributed by atoms with Gasteiger partial charge in [0, 0.05) is 30.2 Å². The van der Waals surface area contributed by atoms with Crippen molar-refractivity contribution in [2.45, 2.75) is 13.1 Å². The molecular formula is C15H15Cl2N5O. The van der Waals surface area contributed by atoms with Gasteiger partial charge in [0.1, 0.15) is 11.8 Å². The number of imidazole rings is 1. The van der Waals surface area contributed by atoms with Crippen molar-refractivity contribution < 1.29 is 4.74 Å². The Morgan fingerprint density at radius 1 is 1.22 bits per heavy atom. The SMILES string of the molecule is COCCn1cnc2c(NCc3ccc(Cl)cc3Cl)ncnc21. The Labute approximate surface area is 143 Å². The number of rotatable bonds is 6. The molecule has 1 N–H and O–H groups in total. The normalized spacial score (nSPS) is 11.1. The predicted molar refractivity (Wildman–Crippen MR) is 91.0 cm³/mol. The minimum atomic E-state index is 0.521. The number of anilines is 1. The second kappa shape index (κ2) is 7.12. The van der Waals surface area contributed by atoms with Crippen LogP contribution in [0.3, 0.4) is 0 Å². The Kier molecular flexibility index (Phi) is 4.95. The number of hydrogen-bond donors (Lipinski definition) is 1. The zero-order valence-electron chi connectivity index (χ0n) is 12.5. The molecule has 23 heavy (non-hydrogen) atoms. The Bertz CT molecular complexity index is 821. The summed E-state index contributed by atoms with van der Waals surface area (Å²) in [4.78, 5) is 12.9. The second-order valence-corrected chi connectivity index (χ2v) is 5.76. The maximum atomic E-state index is 6.18. The van der Waals surface area contributed by atoms with Gasteiger partial charge in [0.05, 0.1) is 12.9 Å². The van der Waals surface area contributed by atoms with Crippen molar-refractivity contribution in [3.63, 3.8) is 0 Å². The van der Waals surface area contributed by atoms with Crippen LogP contribution in [-0.2, 0) is 17.8 Å². The molecule has 0 atom stereocenters. The van der Waals surface area contributed by atoms with Gasteiger partial charge in [-0.15, -0.1) is 0 Å². The van der Waals surface area contributed by atoms with Crippen LogP contribution in [0.4, 0.5) is 5.82 Å². The van der Waals surface area contributed by atoms with Crippen LogP contribution >= 0.6 is 23.2 Å². The first-order valence-corrected chi connectivity index (χ1v) is 7.77. The van der Waals surface area contributed by atoms with Gasteiger partial charge in [-0.3, -0.25) is 0 Å². The highest BCUT2D eigenvalue weighted by Crippen LogP contribution is 2.23. The summed E-state index contributed by atoms with van der Waals surface area (Å²) in [5.74, 6) is 0.664. The lowest BCUT2D eigenvalue weighted by Gasteiger charge is -2.08. The van der Waals surface area contributed by atoms with Gasteiger partial charge in [0.2, 0.25) is 0 Å². The van der Waals surface area contributed by atoms with Crippen LogP contribution in [-0.4, -0.2) is 33.2 Å². The van der Waals surface area contributed by atoms with Gasteiger partial charge in [-0.05, 0) is 17.7 Å². The first kappa shape index (κ1) is 16.0. The Hall–Kier alpha value is -1.89. The van der Waals surface area contributed by atoms with Crippen LogP contribution in [0.5, 0.6) is 0 Å². The molecule has 120 valence electrons. The maximum Gasteiger partial charge on any atom is 0.165 e. The van der Waals surface area contributed by atoms with Crippen LogP contribution in [0.1, 0.15) is 5.56 Å². The topological polar surface area (TPSA) is 64.9 Å². The van der Waals surface area contributed by atoms with E-state index in [4.69, 9.17) is 27.9 Å². The molecule has 0 unspecified atom stereocenters. The number of ether oxygens (including phenoxy) is 1. The fraction of sp³-hybridized carbons (Fsp3) is 0.267. The van der Waals surface area contributed by atoms with Gasteiger partial charge in [0.25, 0.3) is 0 Å². The average Bonchev–Trinajstić information content (AvgIpc) is 2.96. The third-order valence-corrected chi connectivity index (χ3v) is 3.99. The highest BCUT2D eigenvalue weighted by atomic mass is 35.5. The van der Waals surface area contributed by atoms with Gasteiger partial charge in [-0.2, -0.15) is 0 Å². The molecule has 2 aromatic heterocycles. The largest absolute Gasteiger partial charge is 0.383 e. The molecule has 0 fully saturated rings. The van der Waals surface area contributed by atoms with E-state index in [0.717, 1.165) is 11.2 Å². The zero-order valence-corrected chi connectivity index (χ0v) is 14.0. The van der Waals surface area contributed by atoms with Crippen LogP contribution in [0.2, 0.25) is 10.0 Å². The number of halogens is 2. The van der Waals surface area contributed by atoms with Crippen molar-refractivity contribution in [3.8, 4) is 0 Å². The lowest BCUT2D eigenvalue weighted by Crippen LogP contribution is -2.05. The molecule has 0 amide bonds. The van der Waals surface area contributed by atoms with Crippen molar-refractivity contribution in [1.82, 2.24) is 19.5 Å². The van der Waals surface area contributed by atoms with Gasteiger partial charge in [0.15, 0.2) is 11.5 Å². The fourth-order valence-electron chi connectivity index (χ4n) is 2.21. The summed E-state index contributed by atoms with van der Waals surface area (Å²) in [6.45, 7) is 1.80. The summed E-state index contributed by atoms with van der Waals surface area (Å²) in [7, 11) is 1.66. The van der Waals surface area contributed by atoms with Crippen molar-refractivity contribution in [3.05, 3.63) is 46.5 Å². The highest BCUT2D eigenvalue weighted by Gasteiger charge is 2.10. The summed E-state index contributed by atoms with van der Waals surface area (Å²) in [6, 6.07) is 5.40. The monoisotopic (exact) mass is 351 g/mol. The zero-order chi connectivity index (χ0) is 16.2. The Morgan fingerprint density at radius 2 is 2.09 bits per heavy atom. The Morgan fingerprint density at radius 3 is 2.87 bits per heavy atom. The van der Waals surface area contributed by atoms with E-state index < -0.39 is 0 Å². The van der Waals surface area contributed by atoms with E-state index in [1.807, 2.05) is 10.6 Å². The summed E-state index contributed by atoms with van der Waals surface area (Å²) in [5, 5.41) is 4.47. The smallest absolute Gasteiger partial charge is 0.165 e. The molecular weight excluding hydrogens is 337 g/mol. The number of benzene rings is 1. The van der Waals surface area contributed by atoms with E-state index >= 15 is 0 Å². The lowest BCUT2D eigenvalue weighted by molar-refractivity contribution is 0.188. The van der Waals surface area contributed by atoms with Crippen LogP contribution in [0.25, 0.3) is 11.2 Å². The van der Waals surface area contributed by atoms with E-state index in [0.29, 0.717) is 41.1 Å². The fourth-order valence-corrected chi connectivity index (χ4v) is 2.68. The standard InChI is InChI=1S/C15H15Cl2N5O/c1-23-5-4-22-9-21-13-14(19-8-20-15(13)22)18-7-10-2-3-11(16)6-12(10)17/h2-3,6,8-9H,4-5,7H2,1H3,(H,18,19,20). The number of methoxy groups -OCH3 is 1. The number of nitrogens with zero attached hydrogens (tertiary/aromatic N) is 4. The molecule has 0 radical (unpaired) electrons. The number of hydrogen-bond acceptors (Lipinski definition) is 5. The van der Waals surface area contributed by atoms with Gasteiger partial charge >= 0.3 is 0 Å². The Balaban J connectivity index is 1.81. The molecule has 0 spiro atoms. The number of fused-ring (bicyclic) bond motifs is 1. The minimum Gasteiger partial charge on any atom is -0.383 e. The van der Waals surface area contributed by atoms with Crippen LogP contribution < -0.4 is 5.32 Å². The highest BCUT2D eigenvalue weighted by molar-refractivity contribution is 6.35. The third kappa shape index (κ3) is 3.55. The molecule has 0 bridgehead atoms. The molecule has 3 rings (SSSR count). The molecule has 0 saturated carbocycles. The summed E-state index contributed by atoms with van der Waals surface area (Å²) >= 11 is 12.1. The number of nitrogens with one attached hydrogen (secondary N) is 1. The molecule has 1 aromatic carbocycles. The van der Waals surface area contributed by atoms with Gasteiger partial charge in [-0.25, -0.2) is 15.0 Å². The van der Waals surface area contributed by atoms with E-state index in [-0.39, 0.29) is 0 Å².